The summed E-state index contributed by atoms with van der Waals surface area (Å²) in [6.45, 7) is 1.71. The van der Waals surface area contributed by atoms with Crippen molar-refractivity contribution in [2.75, 3.05) is 5.75 Å². The van der Waals surface area contributed by atoms with Crippen LogP contribution in [0.3, 0.4) is 0 Å². The van der Waals surface area contributed by atoms with Gasteiger partial charge in [-0.2, -0.15) is 30.0 Å². The lowest BCUT2D eigenvalue weighted by molar-refractivity contribution is -0.192. The monoisotopic (exact) mass is 450 g/mol. The fraction of sp³-hybridized carbons (Fsp3) is 0.444. The fourth-order valence-electron chi connectivity index (χ4n) is 3.49. The number of nitrogens with zero attached hydrogens (tertiary/aromatic N) is 2. The lowest BCUT2D eigenvalue weighted by Crippen LogP contribution is -2.44. The van der Waals surface area contributed by atoms with Crippen LogP contribution in [0, 0.1) is 11.6 Å². The summed E-state index contributed by atoms with van der Waals surface area (Å²) < 4.78 is 59.2. The van der Waals surface area contributed by atoms with Crippen LogP contribution in [-0.2, 0) is 17.9 Å². The summed E-state index contributed by atoms with van der Waals surface area (Å²) in [6, 6.07) is 3.76. The molecule has 30 heavy (non-hydrogen) atoms. The van der Waals surface area contributed by atoms with Gasteiger partial charge in [0.1, 0.15) is 11.6 Å². The molecule has 0 radical (unpaired) electrons. The molecule has 2 aliphatic rings. The lowest BCUT2D eigenvalue weighted by Gasteiger charge is -2.38. The molecule has 2 aromatic rings. The molecule has 6 nitrogen and oxygen atoms in total. The Hall–Kier alpha value is -2.18. The van der Waals surface area contributed by atoms with Gasteiger partial charge >= 0.3 is 12.1 Å². The Morgan fingerprint density at radius 1 is 1.30 bits per heavy atom. The number of carboxylic acids is 1. The van der Waals surface area contributed by atoms with E-state index in [1.54, 1.807) is 11.8 Å². The summed E-state index contributed by atoms with van der Waals surface area (Å²) in [6.07, 6.45) is -2.36. The van der Waals surface area contributed by atoms with Gasteiger partial charge in [-0.1, -0.05) is 0 Å². The number of fused-ring (bicyclic) bond motifs is 1. The Bertz CT molecular complexity index is 886. The number of thioether (sulfide) groups is 1. The number of hydrogen-bond donors (Lipinski definition) is 3. The number of hydrogen-bond acceptors (Lipinski definition) is 5. The second-order valence-corrected chi connectivity index (χ2v) is 8.21. The van der Waals surface area contributed by atoms with Gasteiger partial charge in [0.2, 0.25) is 0 Å². The lowest BCUT2D eigenvalue weighted by atomic mass is 9.98. The van der Waals surface area contributed by atoms with Gasteiger partial charge in [0, 0.05) is 53.5 Å². The Balaban J connectivity index is 0.000000318. The molecule has 1 aromatic heterocycles. The van der Waals surface area contributed by atoms with E-state index in [9.17, 15) is 22.0 Å². The minimum Gasteiger partial charge on any atom is -0.475 e. The van der Waals surface area contributed by atoms with Crippen LogP contribution in [0.4, 0.5) is 22.0 Å². The summed E-state index contributed by atoms with van der Waals surface area (Å²) in [5, 5.41) is 14.1. The largest absolute Gasteiger partial charge is 0.490 e. The molecule has 12 heteroatoms. The van der Waals surface area contributed by atoms with E-state index >= 15 is 0 Å². The summed E-state index contributed by atoms with van der Waals surface area (Å²) >= 11 is 1.62. The van der Waals surface area contributed by atoms with E-state index in [4.69, 9.17) is 15.6 Å². The predicted octanol–water partition coefficient (Wildman–Crippen LogP) is 3.21. The highest BCUT2D eigenvalue weighted by Crippen LogP contribution is 2.41. The first kappa shape index (κ1) is 22.5. The molecular formula is C18H19F5N4O2S. The molecule has 0 spiro atoms. The van der Waals surface area contributed by atoms with Crippen molar-refractivity contribution in [2.24, 2.45) is 5.73 Å². The third-order valence-electron chi connectivity index (χ3n) is 4.96. The third kappa shape index (κ3) is 5.10. The van der Waals surface area contributed by atoms with Crippen molar-refractivity contribution in [1.82, 2.24) is 15.1 Å². The topological polar surface area (TPSA) is 95.2 Å². The maximum atomic E-state index is 14.0. The van der Waals surface area contributed by atoms with Crippen LogP contribution in [-0.4, -0.2) is 50.2 Å². The van der Waals surface area contributed by atoms with Crippen LogP contribution in [0.15, 0.2) is 24.4 Å². The van der Waals surface area contributed by atoms with Crippen LogP contribution in [0.5, 0.6) is 0 Å². The van der Waals surface area contributed by atoms with E-state index in [2.05, 4.69) is 15.1 Å². The number of rotatable bonds is 2. The van der Waals surface area contributed by atoms with E-state index < -0.39 is 18.0 Å². The highest BCUT2D eigenvalue weighted by Gasteiger charge is 2.38. The van der Waals surface area contributed by atoms with Gasteiger partial charge in [0.15, 0.2) is 0 Å². The van der Waals surface area contributed by atoms with Gasteiger partial charge in [-0.25, -0.2) is 13.6 Å². The van der Waals surface area contributed by atoms with Crippen LogP contribution in [0.2, 0.25) is 0 Å². The molecule has 3 heterocycles. The second-order valence-electron chi connectivity index (χ2n) is 7.04. The average Bonchev–Trinajstić information content (AvgIpc) is 3.26. The first-order chi connectivity index (χ1) is 14.1. The van der Waals surface area contributed by atoms with E-state index in [1.165, 1.54) is 17.7 Å². The van der Waals surface area contributed by atoms with Gasteiger partial charge in [0.05, 0.1) is 5.69 Å². The molecule has 0 aliphatic carbocycles. The van der Waals surface area contributed by atoms with Gasteiger partial charge in [-0.3, -0.25) is 10.00 Å². The number of carboxylic acid groups (broad SMARTS) is 1. The van der Waals surface area contributed by atoms with Crippen LogP contribution >= 0.6 is 11.8 Å². The zero-order valence-electron chi connectivity index (χ0n) is 15.5. The number of halogens is 5. The molecule has 1 unspecified atom stereocenters. The number of nitrogens with two attached hydrogens (primary N) is 1. The Kier molecular flexibility index (Phi) is 6.68. The standard InChI is InChI=1S/C16H18F2N4S.C2HF3O2/c17-10-1-2-13(18)12(3-10)16-14(19)4-11(8-23-16)22-6-9-5-20-21-15(9)7-22;3-2(4,5)1(6)7/h1-3,5,11,14,16H,4,6-8,19H2,(H,20,21);(H,6,7)/t11-,14+,16?;/m1./s1. The molecule has 4 rings (SSSR count). The van der Waals surface area contributed by atoms with Gasteiger partial charge < -0.3 is 10.8 Å². The van der Waals surface area contributed by atoms with E-state index in [-0.39, 0.29) is 17.1 Å². The van der Waals surface area contributed by atoms with Gasteiger partial charge in [-0.05, 0) is 24.6 Å². The zero-order valence-corrected chi connectivity index (χ0v) is 16.3. The first-order valence-electron chi connectivity index (χ1n) is 8.94. The number of benzene rings is 1. The number of H-pyrrole nitrogens is 1. The highest BCUT2D eigenvalue weighted by atomic mass is 32.2. The minimum absolute atomic E-state index is 0.190. The van der Waals surface area contributed by atoms with Crippen molar-refractivity contribution in [3.63, 3.8) is 0 Å². The predicted molar refractivity (Wildman–Crippen MR) is 99.5 cm³/mol. The van der Waals surface area contributed by atoms with Crippen molar-refractivity contribution in [1.29, 1.82) is 0 Å². The Morgan fingerprint density at radius 2 is 2.00 bits per heavy atom. The van der Waals surface area contributed by atoms with Crippen molar-refractivity contribution in [3.8, 4) is 0 Å². The smallest absolute Gasteiger partial charge is 0.475 e. The molecule has 0 bridgehead atoms. The number of aliphatic carboxylic acids is 1. The summed E-state index contributed by atoms with van der Waals surface area (Å²) in [7, 11) is 0. The second kappa shape index (κ2) is 8.90. The maximum Gasteiger partial charge on any atom is 0.490 e. The van der Waals surface area contributed by atoms with Gasteiger partial charge in [-0.15, -0.1) is 0 Å². The number of aromatic nitrogens is 2. The molecule has 4 N–H and O–H groups in total. The SMILES string of the molecule is N[C@H]1C[C@@H](N2Cc3c[nH]nc3C2)CSC1c1cc(F)ccc1F.O=C(O)C(F)(F)F. The Morgan fingerprint density at radius 3 is 2.60 bits per heavy atom. The molecule has 3 atom stereocenters. The van der Waals surface area contributed by atoms with Gasteiger partial charge in [0.25, 0.3) is 0 Å². The van der Waals surface area contributed by atoms with E-state index in [0.29, 0.717) is 11.6 Å². The number of aromatic amines is 1. The number of alkyl halides is 3. The molecule has 1 fully saturated rings. The summed E-state index contributed by atoms with van der Waals surface area (Å²) in [5.74, 6) is -2.68. The van der Waals surface area contributed by atoms with Crippen molar-refractivity contribution < 1.29 is 31.9 Å². The highest BCUT2D eigenvalue weighted by molar-refractivity contribution is 7.99. The first-order valence-corrected chi connectivity index (χ1v) is 9.99. The Labute approximate surface area is 172 Å². The molecular weight excluding hydrogens is 431 g/mol. The molecule has 0 saturated carbocycles. The van der Waals surface area contributed by atoms with Crippen molar-refractivity contribution in [2.45, 2.75) is 43.0 Å². The molecule has 0 amide bonds. The normalized spacial score (nSPS) is 24.1. The summed E-state index contributed by atoms with van der Waals surface area (Å²) in [5.41, 5.74) is 9.03. The number of carbonyl (C=O) groups is 1. The zero-order chi connectivity index (χ0) is 22.1. The molecule has 2 aliphatic heterocycles. The molecule has 1 aromatic carbocycles. The summed E-state index contributed by atoms with van der Waals surface area (Å²) in [4.78, 5) is 11.3. The molecule has 164 valence electrons. The van der Waals surface area contributed by atoms with Crippen molar-refractivity contribution >= 4 is 17.7 Å². The van der Waals surface area contributed by atoms with Crippen LogP contribution < -0.4 is 5.73 Å². The third-order valence-corrected chi connectivity index (χ3v) is 6.50. The van der Waals surface area contributed by atoms with Crippen molar-refractivity contribution in [3.05, 3.63) is 52.9 Å². The maximum absolute atomic E-state index is 14.0. The quantitative estimate of drug-likeness (QED) is 0.609. The average molecular weight is 450 g/mol. The van der Waals surface area contributed by atoms with Crippen LogP contribution in [0.25, 0.3) is 0 Å². The fourth-order valence-corrected chi connectivity index (χ4v) is 4.99. The minimum atomic E-state index is -5.08. The van der Waals surface area contributed by atoms with E-state index in [1.807, 2.05) is 6.20 Å². The van der Waals surface area contributed by atoms with Crippen LogP contribution in [0.1, 0.15) is 28.5 Å². The molecule has 1 saturated heterocycles. The number of nitrogens with one attached hydrogen (secondary N) is 1. The van der Waals surface area contributed by atoms with E-state index in [0.717, 1.165) is 37.0 Å².